The van der Waals surface area contributed by atoms with Gasteiger partial charge in [-0.3, -0.25) is 0 Å². The van der Waals surface area contributed by atoms with E-state index in [4.69, 9.17) is 15.2 Å². The SMILES string of the molecule is CN(C(=O)OC(C)(C)C)C(CN)CC1CCOCC1. The zero-order chi connectivity index (χ0) is 14.5. The van der Waals surface area contributed by atoms with E-state index in [1.165, 1.54) is 0 Å². The van der Waals surface area contributed by atoms with Crippen molar-refractivity contribution in [1.29, 1.82) is 0 Å². The van der Waals surface area contributed by atoms with Gasteiger partial charge in [0.15, 0.2) is 0 Å². The van der Waals surface area contributed by atoms with E-state index in [9.17, 15) is 4.79 Å². The number of carbonyl (C=O) groups excluding carboxylic acids is 1. The summed E-state index contributed by atoms with van der Waals surface area (Å²) in [6.07, 6.45) is 2.74. The van der Waals surface area contributed by atoms with Gasteiger partial charge in [-0.05, 0) is 46.0 Å². The van der Waals surface area contributed by atoms with E-state index in [1.807, 2.05) is 20.8 Å². The van der Waals surface area contributed by atoms with E-state index in [2.05, 4.69) is 0 Å². The van der Waals surface area contributed by atoms with Crippen molar-refractivity contribution in [2.24, 2.45) is 11.7 Å². The second-order valence-electron chi connectivity index (χ2n) is 6.27. The lowest BCUT2D eigenvalue weighted by Crippen LogP contribution is -2.45. The Morgan fingerprint density at radius 1 is 1.42 bits per heavy atom. The predicted molar refractivity (Wildman–Crippen MR) is 75.0 cm³/mol. The van der Waals surface area contributed by atoms with Crippen LogP contribution in [0.3, 0.4) is 0 Å². The second kappa shape index (κ2) is 7.10. The summed E-state index contributed by atoms with van der Waals surface area (Å²) < 4.78 is 10.7. The number of nitrogens with zero attached hydrogens (tertiary/aromatic N) is 1. The molecule has 0 aromatic rings. The van der Waals surface area contributed by atoms with E-state index in [0.29, 0.717) is 12.5 Å². The van der Waals surface area contributed by atoms with Crippen LogP contribution in [0.15, 0.2) is 0 Å². The molecule has 0 spiro atoms. The van der Waals surface area contributed by atoms with Gasteiger partial charge in [0.2, 0.25) is 0 Å². The fourth-order valence-electron chi connectivity index (χ4n) is 2.26. The van der Waals surface area contributed by atoms with Crippen molar-refractivity contribution in [3.8, 4) is 0 Å². The van der Waals surface area contributed by atoms with E-state index in [-0.39, 0.29) is 12.1 Å². The van der Waals surface area contributed by atoms with Gasteiger partial charge in [0.25, 0.3) is 0 Å². The van der Waals surface area contributed by atoms with E-state index in [1.54, 1.807) is 11.9 Å². The molecule has 5 nitrogen and oxygen atoms in total. The average molecular weight is 272 g/mol. The number of nitrogens with two attached hydrogens (primary N) is 1. The Hall–Kier alpha value is -0.810. The van der Waals surface area contributed by atoms with Crippen LogP contribution in [0, 0.1) is 5.92 Å². The van der Waals surface area contributed by atoms with Crippen molar-refractivity contribution in [3.63, 3.8) is 0 Å². The first-order valence-corrected chi connectivity index (χ1v) is 7.07. The molecule has 0 saturated carbocycles. The van der Waals surface area contributed by atoms with Gasteiger partial charge in [0.05, 0.1) is 0 Å². The molecule has 1 aliphatic rings. The van der Waals surface area contributed by atoms with Crippen LogP contribution in [0.2, 0.25) is 0 Å². The van der Waals surface area contributed by atoms with Crippen molar-refractivity contribution < 1.29 is 14.3 Å². The molecule has 112 valence electrons. The van der Waals surface area contributed by atoms with Gasteiger partial charge >= 0.3 is 6.09 Å². The summed E-state index contributed by atoms with van der Waals surface area (Å²) in [4.78, 5) is 13.7. The lowest BCUT2D eigenvalue weighted by Gasteiger charge is -2.33. The van der Waals surface area contributed by atoms with Gasteiger partial charge in [-0.1, -0.05) is 0 Å². The maximum absolute atomic E-state index is 12.0. The molecule has 1 rings (SSSR count). The van der Waals surface area contributed by atoms with Gasteiger partial charge < -0.3 is 20.1 Å². The maximum atomic E-state index is 12.0. The Labute approximate surface area is 116 Å². The number of hydrogen-bond acceptors (Lipinski definition) is 4. The molecule has 0 aromatic carbocycles. The fraction of sp³-hybridized carbons (Fsp3) is 0.929. The second-order valence-corrected chi connectivity index (χ2v) is 6.27. The first kappa shape index (κ1) is 16.2. The lowest BCUT2D eigenvalue weighted by molar-refractivity contribution is 0.0161. The van der Waals surface area contributed by atoms with Crippen LogP contribution in [-0.2, 0) is 9.47 Å². The molecule has 2 N–H and O–H groups in total. The summed E-state index contributed by atoms with van der Waals surface area (Å²) in [5.74, 6) is 0.590. The van der Waals surface area contributed by atoms with Gasteiger partial charge in [0.1, 0.15) is 5.60 Å². The third kappa shape index (κ3) is 5.78. The van der Waals surface area contributed by atoms with E-state index >= 15 is 0 Å². The zero-order valence-corrected chi connectivity index (χ0v) is 12.6. The summed E-state index contributed by atoms with van der Waals surface area (Å²) in [6, 6.07) is 0.0398. The molecule has 19 heavy (non-hydrogen) atoms. The third-order valence-electron chi connectivity index (χ3n) is 3.45. The molecular weight excluding hydrogens is 244 g/mol. The summed E-state index contributed by atoms with van der Waals surface area (Å²) in [5, 5.41) is 0. The van der Waals surface area contributed by atoms with Crippen LogP contribution in [-0.4, -0.2) is 49.4 Å². The highest BCUT2D eigenvalue weighted by Crippen LogP contribution is 2.22. The normalized spacial score (nSPS) is 19.0. The number of likely N-dealkylation sites (N-methyl/N-ethyl adjacent to an activating group) is 1. The topological polar surface area (TPSA) is 64.8 Å². The third-order valence-corrected chi connectivity index (χ3v) is 3.45. The Balaban J connectivity index is 2.50. The molecule has 5 heteroatoms. The molecule has 0 aliphatic carbocycles. The first-order valence-electron chi connectivity index (χ1n) is 7.07. The minimum absolute atomic E-state index is 0.0398. The monoisotopic (exact) mass is 272 g/mol. The lowest BCUT2D eigenvalue weighted by atomic mass is 9.92. The van der Waals surface area contributed by atoms with Crippen molar-refractivity contribution in [3.05, 3.63) is 0 Å². The van der Waals surface area contributed by atoms with Crippen LogP contribution in [0.25, 0.3) is 0 Å². The molecule has 1 aliphatic heterocycles. The van der Waals surface area contributed by atoms with Crippen LogP contribution in [0.1, 0.15) is 40.0 Å². The van der Waals surface area contributed by atoms with Crippen LogP contribution >= 0.6 is 0 Å². The van der Waals surface area contributed by atoms with Crippen molar-refractivity contribution in [2.75, 3.05) is 26.8 Å². The van der Waals surface area contributed by atoms with Gasteiger partial charge in [-0.2, -0.15) is 0 Å². The first-order chi connectivity index (χ1) is 8.83. The quantitative estimate of drug-likeness (QED) is 0.850. The Morgan fingerprint density at radius 3 is 2.47 bits per heavy atom. The molecule has 0 bridgehead atoms. The zero-order valence-electron chi connectivity index (χ0n) is 12.6. The highest BCUT2D eigenvalue weighted by molar-refractivity contribution is 5.68. The number of ether oxygens (including phenoxy) is 2. The van der Waals surface area contributed by atoms with Crippen molar-refractivity contribution in [1.82, 2.24) is 4.90 Å². The van der Waals surface area contributed by atoms with Crippen LogP contribution in [0.5, 0.6) is 0 Å². The number of carbonyl (C=O) groups is 1. The minimum Gasteiger partial charge on any atom is -0.444 e. The average Bonchev–Trinajstić information content (AvgIpc) is 2.34. The summed E-state index contributed by atoms with van der Waals surface area (Å²) in [6.45, 7) is 7.71. The minimum atomic E-state index is -0.469. The van der Waals surface area contributed by atoms with Crippen molar-refractivity contribution in [2.45, 2.75) is 51.7 Å². The molecule has 1 saturated heterocycles. The van der Waals surface area contributed by atoms with Crippen molar-refractivity contribution >= 4 is 6.09 Å². The van der Waals surface area contributed by atoms with Crippen LogP contribution in [0.4, 0.5) is 4.79 Å². The molecule has 1 amide bonds. The molecule has 0 aromatic heterocycles. The molecular formula is C14H28N2O3. The van der Waals surface area contributed by atoms with E-state index < -0.39 is 5.60 Å². The standard InChI is InChI=1S/C14H28N2O3/c1-14(2,3)19-13(17)16(4)12(10-15)9-11-5-7-18-8-6-11/h11-12H,5-10,15H2,1-4H3. The summed E-state index contributed by atoms with van der Waals surface area (Å²) in [5.41, 5.74) is 5.34. The molecule has 1 atom stereocenters. The number of amides is 1. The van der Waals surface area contributed by atoms with E-state index in [0.717, 1.165) is 32.5 Å². The Kier molecular flexibility index (Phi) is 6.07. The highest BCUT2D eigenvalue weighted by atomic mass is 16.6. The number of rotatable bonds is 4. The fourth-order valence-corrected chi connectivity index (χ4v) is 2.26. The predicted octanol–water partition coefficient (Wildman–Crippen LogP) is 2.00. The van der Waals surface area contributed by atoms with Gasteiger partial charge in [-0.15, -0.1) is 0 Å². The molecule has 1 unspecified atom stereocenters. The van der Waals surface area contributed by atoms with Gasteiger partial charge in [-0.25, -0.2) is 4.79 Å². The highest BCUT2D eigenvalue weighted by Gasteiger charge is 2.27. The molecule has 1 heterocycles. The Bertz CT molecular complexity index is 283. The summed E-state index contributed by atoms with van der Waals surface area (Å²) in [7, 11) is 1.77. The number of hydrogen-bond donors (Lipinski definition) is 1. The summed E-state index contributed by atoms with van der Waals surface area (Å²) >= 11 is 0. The largest absolute Gasteiger partial charge is 0.444 e. The Morgan fingerprint density at radius 2 is 2.00 bits per heavy atom. The maximum Gasteiger partial charge on any atom is 0.410 e. The smallest absolute Gasteiger partial charge is 0.410 e. The molecule has 1 fully saturated rings. The van der Waals surface area contributed by atoms with Crippen LogP contribution < -0.4 is 5.73 Å². The van der Waals surface area contributed by atoms with Gasteiger partial charge in [0, 0.05) is 32.8 Å². The molecule has 0 radical (unpaired) electrons.